The van der Waals surface area contributed by atoms with Gasteiger partial charge in [-0.15, -0.1) is 0 Å². The third-order valence-electron chi connectivity index (χ3n) is 2.37. The molecule has 1 unspecified atom stereocenters. The minimum atomic E-state index is -0.947. The van der Waals surface area contributed by atoms with Gasteiger partial charge in [0.2, 0.25) is 0 Å². The number of ether oxygens (including phenoxy) is 1. The Morgan fingerprint density at radius 1 is 1.44 bits per heavy atom. The fourth-order valence-electron chi connectivity index (χ4n) is 1.35. The molecule has 1 aromatic rings. The van der Waals surface area contributed by atoms with Crippen molar-refractivity contribution in [2.24, 2.45) is 5.92 Å². The van der Waals surface area contributed by atoms with E-state index in [2.05, 4.69) is 15.0 Å². The summed E-state index contributed by atoms with van der Waals surface area (Å²) >= 11 is 0. The highest BCUT2D eigenvalue weighted by atomic mass is 19.1. The summed E-state index contributed by atoms with van der Waals surface area (Å²) in [5.74, 6) is -3.31. The van der Waals surface area contributed by atoms with Gasteiger partial charge in [-0.05, 0) is 5.92 Å². The van der Waals surface area contributed by atoms with Crippen molar-refractivity contribution in [1.29, 1.82) is 0 Å². The smallest absolute Gasteiger partial charge is 0.328 e. The topological polar surface area (TPSA) is 77.2 Å². The minimum Gasteiger partial charge on any atom is -0.467 e. The Morgan fingerprint density at radius 3 is 2.56 bits per heavy atom. The molecule has 0 aliphatic heterocycles. The van der Waals surface area contributed by atoms with E-state index in [0.717, 1.165) is 0 Å². The van der Waals surface area contributed by atoms with E-state index in [4.69, 9.17) is 5.73 Å². The van der Waals surface area contributed by atoms with Crippen LogP contribution < -0.4 is 11.1 Å². The van der Waals surface area contributed by atoms with Crippen LogP contribution in [-0.4, -0.2) is 24.1 Å². The van der Waals surface area contributed by atoms with Crippen LogP contribution in [0.25, 0.3) is 0 Å². The fourth-order valence-corrected chi connectivity index (χ4v) is 1.35. The molecule has 0 bridgehead atoms. The predicted octanol–water partition coefficient (Wildman–Crippen LogP) is 1.55. The van der Waals surface area contributed by atoms with E-state index in [-0.39, 0.29) is 11.7 Å². The molecule has 7 heteroatoms. The molecule has 0 saturated carbocycles. The summed E-state index contributed by atoms with van der Waals surface area (Å²) in [6.07, 6.45) is 0. The lowest BCUT2D eigenvalue weighted by atomic mass is 10.0. The molecule has 3 N–H and O–H groups in total. The number of nitrogens with two attached hydrogens (primary N) is 1. The number of hydrogen-bond donors (Lipinski definition) is 2. The molecule has 0 amide bonds. The van der Waals surface area contributed by atoms with Gasteiger partial charge in [-0.2, -0.15) is 0 Å². The summed E-state index contributed by atoms with van der Waals surface area (Å²) in [5.41, 5.74) is 5.24. The van der Waals surface area contributed by atoms with E-state index >= 15 is 0 Å². The molecular formula is C11H15F2N3O2. The van der Waals surface area contributed by atoms with Crippen molar-refractivity contribution >= 4 is 17.6 Å². The number of aromatic nitrogens is 1. The quantitative estimate of drug-likeness (QED) is 0.802. The monoisotopic (exact) mass is 259 g/mol. The Bertz CT molecular complexity index is 452. The Morgan fingerprint density at radius 2 is 2.06 bits per heavy atom. The van der Waals surface area contributed by atoms with Crippen LogP contribution >= 0.6 is 0 Å². The van der Waals surface area contributed by atoms with E-state index in [1.165, 1.54) is 7.11 Å². The first kappa shape index (κ1) is 14.1. The van der Waals surface area contributed by atoms with Crippen molar-refractivity contribution in [1.82, 2.24) is 4.98 Å². The van der Waals surface area contributed by atoms with Gasteiger partial charge in [-0.1, -0.05) is 13.8 Å². The molecule has 18 heavy (non-hydrogen) atoms. The second kappa shape index (κ2) is 5.61. The van der Waals surface area contributed by atoms with Crippen molar-refractivity contribution in [3.8, 4) is 0 Å². The van der Waals surface area contributed by atoms with E-state index in [1.807, 2.05) is 0 Å². The van der Waals surface area contributed by atoms with Crippen LogP contribution in [0, 0.1) is 17.6 Å². The Kier molecular flexibility index (Phi) is 4.41. The third kappa shape index (κ3) is 3.06. The molecule has 0 spiro atoms. The lowest BCUT2D eigenvalue weighted by molar-refractivity contribution is -0.142. The average molecular weight is 259 g/mol. The molecule has 100 valence electrons. The van der Waals surface area contributed by atoms with Gasteiger partial charge in [0, 0.05) is 6.07 Å². The van der Waals surface area contributed by atoms with E-state index in [0.29, 0.717) is 6.07 Å². The molecule has 0 aromatic carbocycles. The minimum absolute atomic E-state index is 0.162. The van der Waals surface area contributed by atoms with Crippen LogP contribution in [0.2, 0.25) is 0 Å². The molecule has 0 saturated heterocycles. The highest BCUT2D eigenvalue weighted by molar-refractivity contribution is 5.79. The molecule has 5 nitrogen and oxygen atoms in total. The number of nitrogens with zero attached hydrogens (tertiary/aromatic N) is 1. The lowest BCUT2D eigenvalue weighted by Gasteiger charge is -2.20. The van der Waals surface area contributed by atoms with Gasteiger partial charge in [0.1, 0.15) is 6.04 Å². The number of nitrogen functional groups attached to an aromatic ring is 1. The molecule has 1 heterocycles. The molecule has 1 atom stereocenters. The SMILES string of the molecule is COC(=O)C(Nc1nc(N)c(F)cc1F)C(C)C. The largest absolute Gasteiger partial charge is 0.467 e. The molecule has 1 rings (SSSR count). The summed E-state index contributed by atoms with van der Waals surface area (Å²) < 4.78 is 31.0. The number of carbonyl (C=O) groups is 1. The van der Waals surface area contributed by atoms with Crippen LogP contribution in [0.5, 0.6) is 0 Å². The van der Waals surface area contributed by atoms with Crippen LogP contribution in [0.15, 0.2) is 6.07 Å². The molecule has 1 aromatic heterocycles. The first-order chi connectivity index (χ1) is 8.36. The van der Waals surface area contributed by atoms with Crippen LogP contribution in [0.1, 0.15) is 13.8 Å². The lowest BCUT2D eigenvalue weighted by Crippen LogP contribution is -2.36. The van der Waals surface area contributed by atoms with Gasteiger partial charge in [0.05, 0.1) is 7.11 Å². The summed E-state index contributed by atoms with van der Waals surface area (Å²) in [6, 6.07) is -0.179. The van der Waals surface area contributed by atoms with E-state index in [9.17, 15) is 13.6 Å². The van der Waals surface area contributed by atoms with E-state index in [1.54, 1.807) is 13.8 Å². The number of methoxy groups -OCH3 is 1. The van der Waals surface area contributed by atoms with Gasteiger partial charge in [-0.3, -0.25) is 0 Å². The average Bonchev–Trinajstić information content (AvgIpc) is 2.30. The number of carbonyl (C=O) groups excluding carboxylic acids is 1. The number of halogens is 2. The number of pyridine rings is 1. The van der Waals surface area contributed by atoms with Crippen molar-refractivity contribution in [3.63, 3.8) is 0 Å². The number of hydrogen-bond acceptors (Lipinski definition) is 5. The Hall–Kier alpha value is -1.92. The Labute approximate surface area is 103 Å². The zero-order chi connectivity index (χ0) is 13.9. The number of rotatable bonds is 4. The van der Waals surface area contributed by atoms with Crippen LogP contribution in [0.3, 0.4) is 0 Å². The fraction of sp³-hybridized carbons (Fsp3) is 0.455. The van der Waals surface area contributed by atoms with Crippen molar-refractivity contribution in [3.05, 3.63) is 17.7 Å². The third-order valence-corrected chi connectivity index (χ3v) is 2.37. The summed E-state index contributed by atoms with van der Waals surface area (Å²) in [4.78, 5) is 15.0. The standard InChI is InChI=1S/C11H15F2N3O2/c1-5(2)8(11(17)18-3)15-10-7(13)4-6(12)9(14)16-10/h4-5,8H,1-3H3,(H3,14,15,16). The number of nitrogens with one attached hydrogen (secondary N) is 1. The van der Waals surface area contributed by atoms with Gasteiger partial charge < -0.3 is 15.8 Å². The van der Waals surface area contributed by atoms with Crippen molar-refractivity contribution in [2.45, 2.75) is 19.9 Å². The molecule has 0 aliphatic rings. The first-order valence-electron chi connectivity index (χ1n) is 5.32. The Balaban J connectivity index is 3.01. The van der Waals surface area contributed by atoms with Crippen LogP contribution in [-0.2, 0) is 9.53 Å². The molecule has 0 aliphatic carbocycles. The second-order valence-corrected chi connectivity index (χ2v) is 4.08. The van der Waals surface area contributed by atoms with Gasteiger partial charge in [0.25, 0.3) is 0 Å². The van der Waals surface area contributed by atoms with Gasteiger partial charge in [-0.25, -0.2) is 18.6 Å². The highest BCUT2D eigenvalue weighted by Gasteiger charge is 2.25. The zero-order valence-electron chi connectivity index (χ0n) is 10.3. The van der Waals surface area contributed by atoms with Gasteiger partial charge >= 0.3 is 5.97 Å². The van der Waals surface area contributed by atoms with Crippen molar-refractivity contribution < 1.29 is 18.3 Å². The number of esters is 1. The maximum absolute atomic E-state index is 13.4. The molecular weight excluding hydrogens is 244 g/mol. The van der Waals surface area contributed by atoms with Gasteiger partial charge in [0.15, 0.2) is 23.3 Å². The summed E-state index contributed by atoms with van der Waals surface area (Å²) in [7, 11) is 1.22. The number of anilines is 2. The maximum atomic E-state index is 13.4. The normalized spacial score (nSPS) is 12.3. The summed E-state index contributed by atoms with van der Waals surface area (Å²) in [5, 5.41) is 2.56. The molecule has 0 radical (unpaired) electrons. The second-order valence-electron chi connectivity index (χ2n) is 4.08. The maximum Gasteiger partial charge on any atom is 0.328 e. The zero-order valence-corrected chi connectivity index (χ0v) is 10.3. The first-order valence-corrected chi connectivity index (χ1v) is 5.32. The van der Waals surface area contributed by atoms with Crippen LogP contribution in [0.4, 0.5) is 20.4 Å². The highest BCUT2D eigenvalue weighted by Crippen LogP contribution is 2.19. The summed E-state index contributed by atoms with van der Waals surface area (Å²) in [6.45, 7) is 3.50. The van der Waals surface area contributed by atoms with E-state index < -0.39 is 29.5 Å². The van der Waals surface area contributed by atoms with Crippen molar-refractivity contribution in [2.75, 3.05) is 18.2 Å². The predicted molar refractivity (Wildman–Crippen MR) is 62.8 cm³/mol. The molecule has 0 fully saturated rings.